The van der Waals surface area contributed by atoms with Gasteiger partial charge in [-0.2, -0.15) is 0 Å². The Morgan fingerprint density at radius 1 is 1.10 bits per heavy atom. The second-order valence-corrected chi connectivity index (χ2v) is 6.97. The van der Waals surface area contributed by atoms with Crippen LogP contribution in [0, 0.1) is 0 Å². The third kappa shape index (κ3) is 3.07. The Kier molecular flexibility index (Phi) is 3.53. The zero-order valence-corrected chi connectivity index (χ0v) is 12.4. The van der Waals surface area contributed by atoms with Gasteiger partial charge < -0.3 is 5.32 Å². The topological polar surface area (TPSA) is 15.3 Å². The van der Waals surface area contributed by atoms with Crippen LogP contribution in [0.1, 0.15) is 55.6 Å². The maximum Gasteiger partial charge on any atom is 0.0237 e. The summed E-state index contributed by atoms with van der Waals surface area (Å²) in [5.74, 6) is 0.876. The minimum absolute atomic E-state index is 0.738. The molecule has 2 heteroatoms. The minimum Gasteiger partial charge on any atom is -0.313 e. The standard InChI is InChI=1S/C18H26N2/c1-3-14(11-16(4-1)15-6-7-15)12-20(18-8-9-18)13-17-5-2-10-19-17/h1,3-4,11,15,17-19H,2,5-10,12-13H2. The van der Waals surface area contributed by atoms with Crippen LogP contribution >= 0.6 is 0 Å². The Hall–Kier alpha value is -0.860. The number of nitrogens with zero attached hydrogens (tertiary/aromatic N) is 1. The molecule has 1 aromatic rings. The SMILES string of the molecule is c1cc(CN(CC2CCCN2)C2CC2)cc(C2CC2)c1. The Bertz CT molecular complexity index is 456. The first-order chi connectivity index (χ1) is 9.88. The number of hydrogen-bond donors (Lipinski definition) is 1. The van der Waals surface area contributed by atoms with E-state index in [4.69, 9.17) is 0 Å². The van der Waals surface area contributed by atoms with Gasteiger partial charge in [0.1, 0.15) is 0 Å². The van der Waals surface area contributed by atoms with Gasteiger partial charge in [-0.1, -0.05) is 24.3 Å². The third-order valence-corrected chi connectivity index (χ3v) is 5.07. The number of rotatable bonds is 6. The van der Waals surface area contributed by atoms with Crippen LogP contribution in [0.4, 0.5) is 0 Å². The summed E-state index contributed by atoms with van der Waals surface area (Å²) in [7, 11) is 0. The van der Waals surface area contributed by atoms with Crippen LogP contribution < -0.4 is 5.32 Å². The molecular weight excluding hydrogens is 244 g/mol. The van der Waals surface area contributed by atoms with Gasteiger partial charge in [-0.25, -0.2) is 0 Å². The van der Waals surface area contributed by atoms with E-state index in [1.165, 1.54) is 57.2 Å². The summed E-state index contributed by atoms with van der Waals surface area (Å²) in [5.41, 5.74) is 3.11. The zero-order valence-electron chi connectivity index (χ0n) is 12.4. The van der Waals surface area contributed by atoms with Crippen molar-refractivity contribution in [2.24, 2.45) is 0 Å². The van der Waals surface area contributed by atoms with Crippen molar-refractivity contribution in [3.63, 3.8) is 0 Å². The van der Waals surface area contributed by atoms with Crippen molar-refractivity contribution in [3.8, 4) is 0 Å². The summed E-state index contributed by atoms with van der Waals surface area (Å²) in [6.45, 7) is 3.63. The van der Waals surface area contributed by atoms with E-state index < -0.39 is 0 Å². The van der Waals surface area contributed by atoms with Crippen LogP contribution in [0.5, 0.6) is 0 Å². The van der Waals surface area contributed by atoms with Crippen LogP contribution in [0.25, 0.3) is 0 Å². The van der Waals surface area contributed by atoms with Crippen LogP contribution in [0.3, 0.4) is 0 Å². The van der Waals surface area contributed by atoms with Crippen molar-refractivity contribution in [3.05, 3.63) is 35.4 Å². The molecule has 3 aliphatic rings. The van der Waals surface area contributed by atoms with E-state index in [0.717, 1.165) is 24.5 Å². The van der Waals surface area contributed by atoms with Gasteiger partial charge in [0.15, 0.2) is 0 Å². The summed E-state index contributed by atoms with van der Waals surface area (Å²) in [6, 6.07) is 11.0. The average Bonchev–Trinajstić information content (AvgIpc) is 3.38. The fourth-order valence-corrected chi connectivity index (χ4v) is 3.57. The van der Waals surface area contributed by atoms with Gasteiger partial charge in [0.2, 0.25) is 0 Å². The van der Waals surface area contributed by atoms with E-state index in [1.807, 2.05) is 0 Å². The molecule has 0 amide bonds. The lowest BCUT2D eigenvalue weighted by molar-refractivity contribution is 0.231. The Balaban J connectivity index is 1.42. The second-order valence-electron chi connectivity index (χ2n) is 6.97. The van der Waals surface area contributed by atoms with Crippen molar-refractivity contribution in [1.82, 2.24) is 10.2 Å². The molecule has 1 atom stereocenters. The summed E-state index contributed by atoms with van der Waals surface area (Å²) in [4.78, 5) is 2.73. The highest BCUT2D eigenvalue weighted by Crippen LogP contribution is 2.40. The number of nitrogens with one attached hydrogen (secondary N) is 1. The molecule has 2 aliphatic carbocycles. The van der Waals surface area contributed by atoms with Gasteiger partial charge in [0, 0.05) is 25.2 Å². The van der Waals surface area contributed by atoms with Crippen molar-refractivity contribution in [1.29, 1.82) is 0 Å². The zero-order chi connectivity index (χ0) is 13.4. The quantitative estimate of drug-likeness (QED) is 0.853. The normalized spacial score (nSPS) is 26.4. The molecule has 108 valence electrons. The lowest BCUT2D eigenvalue weighted by Gasteiger charge is -2.25. The molecule has 1 aliphatic heterocycles. The van der Waals surface area contributed by atoms with Crippen LogP contribution in [0.2, 0.25) is 0 Å². The fraction of sp³-hybridized carbons (Fsp3) is 0.667. The van der Waals surface area contributed by atoms with E-state index in [1.54, 1.807) is 5.56 Å². The predicted molar refractivity (Wildman–Crippen MR) is 82.9 cm³/mol. The first kappa shape index (κ1) is 12.8. The first-order valence-electron chi connectivity index (χ1n) is 8.45. The molecule has 20 heavy (non-hydrogen) atoms. The third-order valence-electron chi connectivity index (χ3n) is 5.07. The summed E-state index contributed by atoms with van der Waals surface area (Å²) in [6.07, 6.45) is 8.36. The molecule has 0 radical (unpaired) electrons. The summed E-state index contributed by atoms with van der Waals surface area (Å²) >= 11 is 0. The molecule has 4 rings (SSSR count). The van der Waals surface area contributed by atoms with Gasteiger partial charge in [-0.15, -0.1) is 0 Å². The Labute approximate surface area is 122 Å². The van der Waals surface area contributed by atoms with Crippen LogP contribution in [-0.2, 0) is 6.54 Å². The van der Waals surface area contributed by atoms with Crippen molar-refractivity contribution in [2.45, 2.75) is 63.1 Å². The lowest BCUT2D eigenvalue weighted by atomic mass is 10.1. The highest BCUT2D eigenvalue weighted by molar-refractivity contribution is 5.29. The maximum atomic E-state index is 3.65. The molecule has 1 saturated heterocycles. The van der Waals surface area contributed by atoms with E-state index in [-0.39, 0.29) is 0 Å². The minimum atomic E-state index is 0.738. The summed E-state index contributed by atoms with van der Waals surface area (Å²) < 4.78 is 0. The average molecular weight is 270 g/mol. The largest absolute Gasteiger partial charge is 0.313 e. The van der Waals surface area contributed by atoms with Gasteiger partial charge in [0.25, 0.3) is 0 Å². The smallest absolute Gasteiger partial charge is 0.0237 e. The summed E-state index contributed by atoms with van der Waals surface area (Å²) in [5, 5.41) is 3.65. The Morgan fingerprint density at radius 2 is 2.00 bits per heavy atom. The molecule has 2 saturated carbocycles. The van der Waals surface area contributed by atoms with Crippen molar-refractivity contribution < 1.29 is 0 Å². The van der Waals surface area contributed by atoms with Gasteiger partial charge >= 0.3 is 0 Å². The highest BCUT2D eigenvalue weighted by atomic mass is 15.2. The van der Waals surface area contributed by atoms with E-state index in [0.29, 0.717) is 0 Å². The van der Waals surface area contributed by atoms with Crippen molar-refractivity contribution in [2.75, 3.05) is 13.1 Å². The lowest BCUT2D eigenvalue weighted by Crippen LogP contribution is -2.38. The van der Waals surface area contributed by atoms with Crippen LogP contribution in [-0.4, -0.2) is 30.1 Å². The maximum absolute atomic E-state index is 3.65. The van der Waals surface area contributed by atoms with Crippen LogP contribution in [0.15, 0.2) is 24.3 Å². The number of hydrogen-bond acceptors (Lipinski definition) is 2. The van der Waals surface area contributed by atoms with E-state index >= 15 is 0 Å². The van der Waals surface area contributed by atoms with Gasteiger partial charge in [0.05, 0.1) is 0 Å². The molecule has 0 spiro atoms. The predicted octanol–water partition coefficient (Wildman–Crippen LogP) is 3.28. The monoisotopic (exact) mass is 270 g/mol. The molecule has 1 heterocycles. The molecule has 1 unspecified atom stereocenters. The highest BCUT2D eigenvalue weighted by Gasteiger charge is 2.31. The molecule has 0 bridgehead atoms. The van der Waals surface area contributed by atoms with Gasteiger partial charge in [-0.3, -0.25) is 4.90 Å². The molecule has 1 aromatic carbocycles. The van der Waals surface area contributed by atoms with Crippen molar-refractivity contribution >= 4 is 0 Å². The van der Waals surface area contributed by atoms with E-state index in [2.05, 4.69) is 34.5 Å². The van der Waals surface area contributed by atoms with Gasteiger partial charge in [-0.05, 0) is 62.1 Å². The second kappa shape index (κ2) is 5.50. The Morgan fingerprint density at radius 3 is 2.70 bits per heavy atom. The molecular formula is C18H26N2. The first-order valence-corrected chi connectivity index (χ1v) is 8.45. The fourth-order valence-electron chi connectivity index (χ4n) is 3.57. The molecule has 3 fully saturated rings. The number of benzene rings is 1. The van der Waals surface area contributed by atoms with E-state index in [9.17, 15) is 0 Å². The molecule has 1 N–H and O–H groups in total. The molecule has 0 aromatic heterocycles. The molecule has 2 nitrogen and oxygen atoms in total.